The van der Waals surface area contributed by atoms with Crippen LogP contribution in [0.5, 0.6) is 11.6 Å². The molecule has 0 bridgehead atoms. The minimum Gasteiger partial charge on any atom is -0.508 e. The monoisotopic (exact) mass is 396 g/mol. The second-order valence-corrected chi connectivity index (χ2v) is 7.75. The van der Waals surface area contributed by atoms with E-state index in [9.17, 15) is 9.90 Å². The van der Waals surface area contributed by atoms with Gasteiger partial charge in [-0.05, 0) is 56.1 Å². The minimum atomic E-state index is -0.737. The molecular weight excluding hydrogens is 372 g/mol. The van der Waals surface area contributed by atoms with Crippen LogP contribution >= 0.6 is 0 Å². The summed E-state index contributed by atoms with van der Waals surface area (Å²) in [6.45, 7) is 1.98. The van der Waals surface area contributed by atoms with Gasteiger partial charge in [0.25, 0.3) is 0 Å². The summed E-state index contributed by atoms with van der Waals surface area (Å²) in [7, 11) is 0. The number of carboxylic acid groups (broad SMARTS) is 1. The Morgan fingerprint density at radius 3 is 2.69 bits per heavy atom. The number of hydrogen-bond donors (Lipinski definition) is 3. The standard InChI is InChI=1S/C21H24N4O4/c1-11-23-20(22)19-21(24-11)29-10-16(25-19)14-6-7-15(17(26)9-14)13-4-2-12(3-5-13)8-18(27)28/h6-7,9,12-13,26H,2-5,8,10H2,1H3,(H,27,28)(H2,22,23,24). The fourth-order valence-electron chi connectivity index (χ4n) is 4.21. The summed E-state index contributed by atoms with van der Waals surface area (Å²) < 4.78 is 5.69. The molecular formula is C21H24N4O4. The summed E-state index contributed by atoms with van der Waals surface area (Å²) >= 11 is 0. The number of phenolic OH excluding ortho intramolecular Hbond substituents is 1. The lowest BCUT2D eigenvalue weighted by Gasteiger charge is -2.28. The Morgan fingerprint density at radius 1 is 1.24 bits per heavy atom. The number of aliphatic carboxylic acids is 1. The number of rotatable bonds is 4. The van der Waals surface area contributed by atoms with Gasteiger partial charge < -0.3 is 20.7 Å². The van der Waals surface area contributed by atoms with Crippen molar-refractivity contribution in [2.24, 2.45) is 10.9 Å². The quantitative estimate of drug-likeness (QED) is 0.722. The van der Waals surface area contributed by atoms with E-state index in [1.807, 2.05) is 12.1 Å². The molecule has 29 heavy (non-hydrogen) atoms. The molecule has 2 aromatic rings. The van der Waals surface area contributed by atoms with Crippen molar-refractivity contribution in [3.05, 3.63) is 35.2 Å². The second-order valence-electron chi connectivity index (χ2n) is 7.75. The third-order valence-electron chi connectivity index (χ3n) is 5.70. The number of ether oxygens (including phenoxy) is 1. The summed E-state index contributed by atoms with van der Waals surface area (Å²) in [4.78, 5) is 23.8. The number of aromatic nitrogens is 2. The maximum absolute atomic E-state index is 10.9. The first-order valence-corrected chi connectivity index (χ1v) is 9.80. The molecule has 0 radical (unpaired) electrons. The number of aryl methyl sites for hydroxylation is 1. The number of carbonyl (C=O) groups is 1. The summed E-state index contributed by atoms with van der Waals surface area (Å²) in [5, 5.41) is 19.6. The van der Waals surface area contributed by atoms with Gasteiger partial charge in [0.05, 0.1) is 5.71 Å². The number of nitrogens with two attached hydrogens (primary N) is 1. The molecule has 8 nitrogen and oxygen atoms in total. The first kappa shape index (κ1) is 19.2. The van der Waals surface area contributed by atoms with E-state index in [2.05, 4.69) is 15.0 Å². The van der Waals surface area contributed by atoms with Crippen LogP contribution in [0.25, 0.3) is 0 Å². The number of fused-ring (bicyclic) bond motifs is 1. The molecule has 1 aromatic heterocycles. The summed E-state index contributed by atoms with van der Waals surface area (Å²) in [6, 6.07) is 5.56. The maximum Gasteiger partial charge on any atom is 0.303 e. The van der Waals surface area contributed by atoms with Gasteiger partial charge in [0, 0.05) is 12.0 Å². The van der Waals surface area contributed by atoms with Gasteiger partial charge in [-0.1, -0.05) is 12.1 Å². The fraction of sp³-hybridized carbons (Fsp3) is 0.429. The van der Waals surface area contributed by atoms with Crippen LogP contribution < -0.4 is 10.5 Å². The lowest BCUT2D eigenvalue weighted by atomic mass is 9.77. The number of phenols is 1. The van der Waals surface area contributed by atoms with Gasteiger partial charge in [-0.2, -0.15) is 4.98 Å². The summed E-state index contributed by atoms with van der Waals surface area (Å²) in [5.74, 6) is 1.13. The maximum atomic E-state index is 10.9. The highest BCUT2D eigenvalue weighted by molar-refractivity contribution is 6.05. The molecule has 1 saturated carbocycles. The Balaban J connectivity index is 1.52. The average molecular weight is 396 g/mol. The van der Waals surface area contributed by atoms with Crippen molar-refractivity contribution in [1.29, 1.82) is 0 Å². The zero-order valence-electron chi connectivity index (χ0n) is 16.3. The van der Waals surface area contributed by atoms with E-state index in [1.54, 1.807) is 13.0 Å². The predicted octanol–water partition coefficient (Wildman–Crippen LogP) is 3.33. The molecule has 1 aliphatic carbocycles. The van der Waals surface area contributed by atoms with Crippen LogP contribution in [-0.2, 0) is 4.79 Å². The number of hydrogen-bond acceptors (Lipinski definition) is 7. The van der Waals surface area contributed by atoms with Crippen molar-refractivity contribution >= 4 is 23.2 Å². The van der Waals surface area contributed by atoms with Gasteiger partial charge in [0.15, 0.2) is 11.5 Å². The smallest absolute Gasteiger partial charge is 0.303 e. The first-order chi connectivity index (χ1) is 13.9. The molecule has 4 N–H and O–H groups in total. The molecule has 0 saturated heterocycles. The molecule has 0 atom stereocenters. The zero-order chi connectivity index (χ0) is 20.5. The average Bonchev–Trinajstić information content (AvgIpc) is 2.68. The highest BCUT2D eigenvalue weighted by atomic mass is 16.5. The van der Waals surface area contributed by atoms with Crippen LogP contribution in [-0.4, -0.2) is 38.5 Å². The van der Waals surface area contributed by atoms with Gasteiger partial charge in [0.2, 0.25) is 5.88 Å². The van der Waals surface area contributed by atoms with Crippen molar-refractivity contribution in [3.8, 4) is 11.6 Å². The molecule has 2 aliphatic rings. The van der Waals surface area contributed by atoms with Gasteiger partial charge in [0.1, 0.15) is 18.2 Å². The molecule has 1 aromatic carbocycles. The molecule has 0 unspecified atom stereocenters. The molecule has 152 valence electrons. The molecule has 8 heteroatoms. The number of anilines is 1. The van der Waals surface area contributed by atoms with Gasteiger partial charge >= 0.3 is 5.97 Å². The molecule has 1 aliphatic heterocycles. The number of aromatic hydroxyl groups is 1. The van der Waals surface area contributed by atoms with E-state index in [-0.39, 0.29) is 36.4 Å². The van der Waals surface area contributed by atoms with E-state index >= 15 is 0 Å². The minimum absolute atomic E-state index is 0.227. The third-order valence-corrected chi connectivity index (χ3v) is 5.70. The van der Waals surface area contributed by atoms with Crippen LogP contribution in [0.4, 0.5) is 11.5 Å². The van der Waals surface area contributed by atoms with E-state index in [1.165, 1.54) is 0 Å². The van der Waals surface area contributed by atoms with Crippen molar-refractivity contribution in [1.82, 2.24) is 9.97 Å². The second kappa shape index (κ2) is 7.69. The van der Waals surface area contributed by atoms with Crippen molar-refractivity contribution in [2.75, 3.05) is 12.3 Å². The number of carboxylic acids is 1. The molecule has 1 fully saturated rings. The van der Waals surface area contributed by atoms with Crippen LogP contribution in [0.3, 0.4) is 0 Å². The van der Waals surface area contributed by atoms with Crippen molar-refractivity contribution in [2.45, 2.75) is 44.9 Å². The number of nitrogens with zero attached hydrogens (tertiary/aromatic N) is 3. The van der Waals surface area contributed by atoms with E-state index in [4.69, 9.17) is 15.6 Å². The largest absolute Gasteiger partial charge is 0.508 e. The Morgan fingerprint density at radius 2 is 2.00 bits per heavy atom. The van der Waals surface area contributed by atoms with Crippen LogP contribution in [0, 0.1) is 12.8 Å². The summed E-state index contributed by atoms with van der Waals surface area (Å²) in [6.07, 6.45) is 3.73. The molecule has 0 spiro atoms. The molecule has 4 rings (SSSR count). The van der Waals surface area contributed by atoms with E-state index in [0.29, 0.717) is 23.1 Å². The number of benzene rings is 1. The van der Waals surface area contributed by atoms with Crippen molar-refractivity contribution in [3.63, 3.8) is 0 Å². The molecule has 0 amide bonds. The fourth-order valence-corrected chi connectivity index (χ4v) is 4.21. The highest BCUT2D eigenvalue weighted by Crippen LogP contribution is 2.41. The summed E-state index contributed by atoms with van der Waals surface area (Å²) in [5.41, 5.74) is 8.68. The number of nitrogen functional groups attached to an aromatic ring is 1. The lowest BCUT2D eigenvalue weighted by molar-refractivity contribution is -0.138. The van der Waals surface area contributed by atoms with Gasteiger partial charge in [-0.15, -0.1) is 0 Å². The predicted molar refractivity (Wildman–Crippen MR) is 108 cm³/mol. The highest BCUT2D eigenvalue weighted by Gasteiger charge is 2.26. The third kappa shape index (κ3) is 4.01. The Kier molecular flexibility index (Phi) is 5.08. The van der Waals surface area contributed by atoms with E-state index < -0.39 is 5.97 Å². The van der Waals surface area contributed by atoms with Crippen LogP contribution in [0.2, 0.25) is 0 Å². The zero-order valence-corrected chi connectivity index (χ0v) is 16.3. The molecule has 2 heterocycles. The van der Waals surface area contributed by atoms with Gasteiger partial charge in [-0.3, -0.25) is 4.79 Å². The Labute approximate surface area is 168 Å². The SMILES string of the molecule is Cc1nc(N)c2c(n1)OCC(c1ccc(C3CCC(CC(=O)O)CC3)c(O)c1)=N2. The van der Waals surface area contributed by atoms with Crippen LogP contribution in [0.15, 0.2) is 23.2 Å². The normalized spacial score (nSPS) is 21.1. The Hall–Kier alpha value is -3.16. The van der Waals surface area contributed by atoms with Gasteiger partial charge in [-0.25, -0.2) is 9.98 Å². The Bertz CT molecular complexity index is 981. The van der Waals surface area contributed by atoms with Crippen molar-refractivity contribution < 1.29 is 19.7 Å². The first-order valence-electron chi connectivity index (χ1n) is 9.80. The lowest BCUT2D eigenvalue weighted by Crippen LogP contribution is -2.19. The van der Waals surface area contributed by atoms with Crippen LogP contribution in [0.1, 0.15) is 55.0 Å². The van der Waals surface area contributed by atoms with E-state index in [0.717, 1.165) is 36.8 Å². The topological polar surface area (TPSA) is 131 Å². The number of aliphatic imine (C=N–C) groups is 1.